The van der Waals surface area contributed by atoms with Gasteiger partial charge in [0.1, 0.15) is 0 Å². The van der Waals surface area contributed by atoms with Gasteiger partial charge in [0.05, 0.1) is 0 Å². The molecule has 2 nitrogen and oxygen atoms in total. The highest BCUT2D eigenvalue weighted by atomic mass is 15.2. The summed E-state index contributed by atoms with van der Waals surface area (Å²) in [6.07, 6.45) is 5.37. The van der Waals surface area contributed by atoms with Crippen LogP contribution in [0.4, 0.5) is 0 Å². The molecular formula is C15H32N2. The molecule has 17 heavy (non-hydrogen) atoms. The molecule has 1 heterocycles. The first-order valence-corrected chi connectivity index (χ1v) is 7.53. The van der Waals surface area contributed by atoms with E-state index in [-0.39, 0.29) is 0 Å². The lowest BCUT2D eigenvalue weighted by molar-refractivity contribution is 0.0913. The molecule has 0 aromatic carbocycles. The zero-order chi connectivity index (χ0) is 12.8. The van der Waals surface area contributed by atoms with Gasteiger partial charge in [-0.3, -0.25) is 4.90 Å². The van der Waals surface area contributed by atoms with Crippen LogP contribution in [-0.4, -0.2) is 36.1 Å². The molecule has 1 rings (SSSR count). The summed E-state index contributed by atoms with van der Waals surface area (Å²) in [5.41, 5.74) is 0. The van der Waals surface area contributed by atoms with Gasteiger partial charge < -0.3 is 5.32 Å². The molecular weight excluding hydrogens is 208 g/mol. The molecule has 1 saturated heterocycles. The van der Waals surface area contributed by atoms with Crippen molar-refractivity contribution in [3.05, 3.63) is 0 Å². The van der Waals surface area contributed by atoms with Crippen molar-refractivity contribution < 1.29 is 0 Å². The second-order valence-electron chi connectivity index (χ2n) is 6.23. The normalized spacial score (nSPS) is 28.6. The fourth-order valence-electron chi connectivity index (χ4n) is 2.83. The van der Waals surface area contributed by atoms with Crippen LogP contribution in [0.1, 0.15) is 60.3 Å². The number of rotatable bonds is 6. The van der Waals surface area contributed by atoms with E-state index >= 15 is 0 Å². The Morgan fingerprint density at radius 3 is 2.53 bits per heavy atom. The molecule has 0 amide bonds. The average Bonchev–Trinajstić information content (AvgIpc) is 2.29. The molecule has 1 N–H and O–H groups in total. The van der Waals surface area contributed by atoms with E-state index in [2.05, 4.69) is 44.8 Å². The molecule has 2 heteroatoms. The van der Waals surface area contributed by atoms with Crippen molar-refractivity contribution in [3.63, 3.8) is 0 Å². The largest absolute Gasteiger partial charge is 0.311 e. The van der Waals surface area contributed by atoms with Gasteiger partial charge in [-0.2, -0.15) is 0 Å². The van der Waals surface area contributed by atoms with Crippen molar-refractivity contribution in [2.75, 3.05) is 13.1 Å². The molecule has 3 atom stereocenters. The number of hydrogen-bond donors (Lipinski definition) is 1. The Labute approximate surface area is 108 Å². The van der Waals surface area contributed by atoms with Crippen LogP contribution in [0.2, 0.25) is 0 Å². The number of nitrogens with one attached hydrogen (secondary N) is 1. The predicted molar refractivity (Wildman–Crippen MR) is 76.4 cm³/mol. The summed E-state index contributed by atoms with van der Waals surface area (Å²) in [5, 5.41) is 3.64. The zero-order valence-electron chi connectivity index (χ0n) is 12.5. The van der Waals surface area contributed by atoms with Crippen molar-refractivity contribution in [1.29, 1.82) is 0 Å². The minimum Gasteiger partial charge on any atom is -0.311 e. The lowest BCUT2D eigenvalue weighted by Crippen LogP contribution is -2.57. The van der Waals surface area contributed by atoms with Gasteiger partial charge in [-0.15, -0.1) is 0 Å². The highest BCUT2D eigenvalue weighted by Gasteiger charge is 2.27. The van der Waals surface area contributed by atoms with E-state index in [1.807, 2.05) is 0 Å². The first-order chi connectivity index (χ1) is 8.04. The quantitative estimate of drug-likeness (QED) is 0.766. The number of piperazine rings is 1. The Kier molecular flexibility index (Phi) is 6.50. The number of nitrogens with zero attached hydrogens (tertiary/aromatic N) is 1. The molecule has 102 valence electrons. The first kappa shape index (κ1) is 15.0. The maximum Gasteiger partial charge on any atom is 0.0195 e. The molecule has 0 radical (unpaired) electrons. The molecule has 0 aromatic heterocycles. The second kappa shape index (κ2) is 7.38. The minimum atomic E-state index is 0.701. The second-order valence-corrected chi connectivity index (χ2v) is 6.23. The molecule has 1 fully saturated rings. The Morgan fingerprint density at radius 2 is 1.94 bits per heavy atom. The predicted octanol–water partition coefficient (Wildman–Crippen LogP) is 3.27. The van der Waals surface area contributed by atoms with E-state index in [0.29, 0.717) is 12.1 Å². The van der Waals surface area contributed by atoms with Crippen molar-refractivity contribution in [1.82, 2.24) is 10.2 Å². The highest BCUT2D eigenvalue weighted by molar-refractivity contribution is 4.85. The van der Waals surface area contributed by atoms with Crippen LogP contribution in [0.25, 0.3) is 0 Å². The fourth-order valence-corrected chi connectivity index (χ4v) is 2.83. The zero-order valence-corrected chi connectivity index (χ0v) is 12.5. The summed E-state index contributed by atoms with van der Waals surface area (Å²) in [5.74, 6) is 0.853. The van der Waals surface area contributed by atoms with Crippen LogP contribution < -0.4 is 5.32 Å². The van der Waals surface area contributed by atoms with E-state index in [1.54, 1.807) is 0 Å². The lowest BCUT2D eigenvalue weighted by atomic mass is 10.00. The molecule has 0 aromatic rings. The Balaban J connectivity index is 2.34. The monoisotopic (exact) mass is 240 g/mol. The SMILES string of the molecule is CCC1CN(C(C)CCCC(C)C)C(C)CN1. The Bertz CT molecular complexity index is 203. The van der Waals surface area contributed by atoms with Crippen molar-refractivity contribution in [3.8, 4) is 0 Å². The van der Waals surface area contributed by atoms with Gasteiger partial charge in [-0.05, 0) is 32.6 Å². The topological polar surface area (TPSA) is 15.3 Å². The van der Waals surface area contributed by atoms with Crippen LogP contribution in [0.3, 0.4) is 0 Å². The van der Waals surface area contributed by atoms with Crippen LogP contribution in [0.5, 0.6) is 0 Å². The summed E-state index contributed by atoms with van der Waals surface area (Å²) >= 11 is 0. The molecule has 0 spiro atoms. The average molecular weight is 240 g/mol. The third kappa shape index (κ3) is 4.97. The van der Waals surface area contributed by atoms with Gasteiger partial charge in [0.25, 0.3) is 0 Å². The molecule has 3 unspecified atom stereocenters. The first-order valence-electron chi connectivity index (χ1n) is 7.53. The molecule has 0 aliphatic carbocycles. The Morgan fingerprint density at radius 1 is 1.24 bits per heavy atom. The van der Waals surface area contributed by atoms with Crippen molar-refractivity contribution in [2.24, 2.45) is 5.92 Å². The van der Waals surface area contributed by atoms with Gasteiger partial charge in [0, 0.05) is 31.2 Å². The standard InChI is InChI=1S/C15H32N2/c1-6-15-11-17(14(5)10-16-15)13(4)9-7-8-12(2)3/h12-16H,6-11H2,1-5H3. The Hall–Kier alpha value is -0.0800. The minimum absolute atomic E-state index is 0.701. The van der Waals surface area contributed by atoms with Crippen LogP contribution >= 0.6 is 0 Å². The molecule has 1 aliphatic rings. The molecule has 0 saturated carbocycles. The summed E-state index contributed by atoms with van der Waals surface area (Å²) in [6, 6.07) is 2.16. The van der Waals surface area contributed by atoms with Gasteiger partial charge in [0.15, 0.2) is 0 Å². The van der Waals surface area contributed by atoms with Crippen LogP contribution in [-0.2, 0) is 0 Å². The van der Waals surface area contributed by atoms with Crippen LogP contribution in [0, 0.1) is 5.92 Å². The fraction of sp³-hybridized carbons (Fsp3) is 1.00. The van der Waals surface area contributed by atoms with E-state index in [1.165, 1.54) is 32.2 Å². The maximum absolute atomic E-state index is 3.64. The van der Waals surface area contributed by atoms with Gasteiger partial charge in [0.2, 0.25) is 0 Å². The summed E-state index contributed by atoms with van der Waals surface area (Å²) in [7, 11) is 0. The third-order valence-corrected chi connectivity index (χ3v) is 4.16. The lowest BCUT2D eigenvalue weighted by Gasteiger charge is -2.42. The van der Waals surface area contributed by atoms with Crippen LogP contribution in [0.15, 0.2) is 0 Å². The summed E-state index contributed by atoms with van der Waals surface area (Å²) in [4.78, 5) is 2.71. The molecule has 1 aliphatic heterocycles. The maximum atomic E-state index is 3.64. The summed E-state index contributed by atoms with van der Waals surface area (Å²) < 4.78 is 0. The van der Waals surface area contributed by atoms with E-state index in [0.717, 1.165) is 18.5 Å². The highest BCUT2D eigenvalue weighted by Crippen LogP contribution is 2.18. The van der Waals surface area contributed by atoms with Crippen molar-refractivity contribution in [2.45, 2.75) is 78.4 Å². The number of hydrogen-bond acceptors (Lipinski definition) is 2. The van der Waals surface area contributed by atoms with E-state index in [9.17, 15) is 0 Å². The van der Waals surface area contributed by atoms with E-state index < -0.39 is 0 Å². The van der Waals surface area contributed by atoms with Crippen molar-refractivity contribution >= 4 is 0 Å². The third-order valence-electron chi connectivity index (χ3n) is 4.16. The van der Waals surface area contributed by atoms with Gasteiger partial charge >= 0.3 is 0 Å². The smallest absolute Gasteiger partial charge is 0.0195 e. The van der Waals surface area contributed by atoms with E-state index in [4.69, 9.17) is 0 Å². The molecule has 0 bridgehead atoms. The van der Waals surface area contributed by atoms with Gasteiger partial charge in [-0.25, -0.2) is 0 Å². The summed E-state index contributed by atoms with van der Waals surface area (Å²) in [6.45, 7) is 14.1. The van der Waals surface area contributed by atoms with Gasteiger partial charge in [-0.1, -0.05) is 33.6 Å².